The Hall–Kier alpha value is -1.39. The van der Waals surface area contributed by atoms with Crippen molar-refractivity contribution in [3.63, 3.8) is 0 Å². The Morgan fingerprint density at radius 3 is 2.74 bits per heavy atom. The summed E-state index contributed by atoms with van der Waals surface area (Å²) in [5.41, 5.74) is 2.37. The molecule has 2 bridgehead atoms. The minimum absolute atomic E-state index is 0.0232. The van der Waals surface area contributed by atoms with Crippen LogP contribution < -0.4 is 4.74 Å². The van der Waals surface area contributed by atoms with Gasteiger partial charge in [-0.2, -0.15) is 0 Å². The van der Waals surface area contributed by atoms with Crippen molar-refractivity contribution in [2.24, 2.45) is 0 Å². The number of rotatable bonds is 1. The van der Waals surface area contributed by atoms with E-state index in [0.29, 0.717) is 18.8 Å². The smallest absolute Gasteiger partial charge is 0.188 e. The monoisotopic (exact) mass is 262 g/mol. The molecule has 0 N–H and O–H groups in total. The van der Waals surface area contributed by atoms with Gasteiger partial charge in [0.1, 0.15) is 24.7 Å². The van der Waals surface area contributed by atoms with Crippen molar-refractivity contribution in [1.29, 1.82) is 0 Å². The van der Waals surface area contributed by atoms with Crippen LogP contribution >= 0.6 is 0 Å². The molecular weight excluding hydrogens is 244 g/mol. The van der Waals surface area contributed by atoms with Gasteiger partial charge in [0.05, 0.1) is 12.2 Å². The molecule has 0 aliphatic carbocycles. The third-order valence-electron chi connectivity index (χ3n) is 3.50. The van der Waals surface area contributed by atoms with Crippen molar-refractivity contribution < 1.29 is 19.0 Å². The second-order valence-corrected chi connectivity index (χ2v) is 6.09. The molecule has 0 spiro atoms. The summed E-state index contributed by atoms with van der Waals surface area (Å²) in [7, 11) is 0. The molecule has 2 aliphatic heterocycles. The highest BCUT2D eigenvalue weighted by Crippen LogP contribution is 2.43. The number of aldehydes is 1. The fraction of sp³-hybridized carbons (Fsp3) is 0.533. The molecule has 2 aliphatic rings. The summed E-state index contributed by atoms with van der Waals surface area (Å²) >= 11 is 0. The Kier molecular flexibility index (Phi) is 2.87. The predicted molar refractivity (Wildman–Crippen MR) is 69.6 cm³/mol. The van der Waals surface area contributed by atoms with Gasteiger partial charge in [-0.1, -0.05) is 20.8 Å². The third-order valence-corrected chi connectivity index (χ3v) is 3.50. The zero-order valence-electron chi connectivity index (χ0n) is 11.4. The highest BCUT2D eigenvalue weighted by molar-refractivity contribution is 5.77. The number of carbonyl (C=O) groups excluding carboxylic acids is 1. The minimum Gasteiger partial charge on any atom is -0.490 e. The normalized spacial score (nSPS) is 25.4. The molecule has 0 saturated carbocycles. The van der Waals surface area contributed by atoms with E-state index < -0.39 is 6.29 Å². The number of benzene rings is 1. The SMILES string of the molecule is CC(C)(C)c1cc(C=O)cc2c1OCC1COC2O1. The lowest BCUT2D eigenvalue weighted by atomic mass is 9.84. The van der Waals surface area contributed by atoms with Crippen LogP contribution in [0.2, 0.25) is 0 Å². The van der Waals surface area contributed by atoms with Gasteiger partial charge in [0.2, 0.25) is 0 Å². The lowest BCUT2D eigenvalue weighted by molar-refractivity contribution is -0.0579. The van der Waals surface area contributed by atoms with E-state index in [-0.39, 0.29) is 11.5 Å². The Morgan fingerprint density at radius 1 is 1.26 bits per heavy atom. The number of ether oxygens (including phenoxy) is 3. The molecule has 4 heteroatoms. The van der Waals surface area contributed by atoms with Crippen molar-refractivity contribution in [1.82, 2.24) is 0 Å². The molecule has 4 nitrogen and oxygen atoms in total. The van der Waals surface area contributed by atoms with Gasteiger partial charge < -0.3 is 14.2 Å². The first-order valence-electron chi connectivity index (χ1n) is 6.52. The van der Waals surface area contributed by atoms with Crippen LogP contribution in [0.25, 0.3) is 0 Å². The predicted octanol–water partition coefficient (Wildman–Crippen LogP) is 2.60. The lowest BCUT2D eigenvalue weighted by Gasteiger charge is -2.26. The Morgan fingerprint density at radius 2 is 2.05 bits per heavy atom. The molecular formula is C15H18O4. The Bertz CT molecular complexity index is 516. The molecule has 0 radical (unpaired) electrons. The summed E-state index contributed by atoms with van der Waals surface area (Å²) < 4.78 is 17.3. The summed E-state index contributed by atoms with van der Waals surface area (Å²) in [4.78, 5) is 11.1. The van der Waals surface area contributed by atoms with Gasteiger partial charge in [-0.15, -0.1) is 0 Å². The highest BCUT2D eigenvalue weighted by Gasteiger charge is 2.36. The molecule has 2 heterocycles. The topological polar surface area (TPSA) is 44.8 Å². The van der Waals surface area contributed by atoms with Crippen LogP contribution in [-0.4, -0.2) is 25.6 Å². The fourth-order valence-corrected chi connectivity index (χ4v) is 2.51. The first-order valence-corrected chi connectivity index (χ1v) is 6.52. The third kappa shape index (κ3) is 2.15. The van der Waals surface area contributed by atoms with Gasteiger partial charge >= 0.3 is 0 Å². The minimum atomic E-state index is -0.413. The van der Waals surface area contributed by atoms with E-state index in [1.165, 1.54) is 0 Å². The van der Waals surface area contributed by atoms with E-state index in [0.717, 1.165) is 23.2 Å². The van der Waals surface area contributed by atoms with Crippen LogP contribution in [0, 0.1) is 0 Å². The molecule has 0 amide bonds. The van der Waals surface area contributed by atoms with E-state index in [1.54, 1.807) is 6.07 Å². The Labute approximate surface area is 112 Å². The number of carbonyl (C=O) groups is 1. The molecule has 19 heavy (non-hydrogen) atoms. The molecule has 1 fully saturated rings. The zero-order valence-corrected chi connectivity index (χ0v) is 11.4. The van der Waals surface area contributed by atoms with Crippen LogP contribution in [0.4, 0.5) is 0 Å². The van der Waals surface area contributed by atoms with Crippen molar-refractivity contribution in [3.05, 3.63) is 28.8 Å². The molecule has 102 valence electrons. The number of hydrogen-bond acceptors (Lipinski definition) is 4. The van der Waals surface area contributed by atoms with E-state index in [1.807, 2.05) is 6.07 Å². The number of fused-ring (bicyclic) bond motifs is 4. The maximum absolute atomic E-state index is 11.1. The van der Waals surface area contributed by atoms with E-state index in [2.05, 4.69) is 20.8 Å². The van der Waals surface area contributed by atoms with Crippen molar-refractivity contribution >= 4 is 6.29 Å². The summed E-state index contributed by atoms with van der Waals surface area (Å²) in [6.07, 6.45) is 0.417. The van der Waals surface area contributed by atoms with Crippen LogP contribution in [0.3, 0.4) is 0 Å². The second-order valence-electron chi connectivity index (χ2n) is 6.09. The van der Waals surface area contributed by atoms with Crippen LogP contribution in [0.5, 0.6) is 5.75 Å². The molecule has 3 rings (SSSR count). The maximum atomic E-state index is 11.1. The zero-order chi connectivity index (χ0) is 13.6. The molecule has 1 saturated heterocycles. The van der Waals surface area contributed by atoms with Crippen LogP contribution in [-0.2, 0) is 14.9 Å². The lowest BCUT2D eigenvalue weighted by Crippen LogP contribution is -2.21. The summed E-state index contributed by atoms with van der Waals surface area (Å²) in [6, 6.07) is 3.70. The van der Waals surface area contributed by atoms with Gasteiger partial charge in [0, 0.05) is 11.1 Å². The molecule has 2 unspecified atom stereocenters. The number of hydrogen-bond donors (Lipinski definition) is 0. The summed E-state index contributed by atoms with van der Waals surface area (Å²) in [6.45, 7) is 7.34. The van der Waals surface area contributed by atoms with Crippen LogP contribution in [0.1, 0.15) is 48.5 Å². The standard InChI is InChI=1S/C15H18O4/c1-15(2,3)12-5-9(6-16)4-11-13(12)17-7-10-8-18-14(11)19-10/h4-6,10,14H,7-8H2,1-3H3. The summed E-state index contributed by atoms with van der Waals surface area (Å²) in [5.74, 6) is 0.810. The second kappa shape index (κ2) is 4.32. The molecule has 1 aromatic carbocycles. The average Bonchev–Trinajstić information content (AvgIpc) is 2.74. The van der Waals surface area contributed by atoms with E-state index >= 15 is 0 Å². The molecule has 2 atom stereocenters. The summed E-state index contributed by atoms with van der Waals surface area (Å²) in [5, 5.41) is 0. The fourth-order valence-electron chi connectivity index (χ4n) is 2.51. The largest absolute Gasteiger partial charge is 0.490 e. The van der Waals surface area contributed by atoms with Gasteiger partial charge in [-0.05, 0) is 17.5 Å². The van der Waals surface area contributed by atoms with Gasteiger partial charge in [-0.25, -0.2) is 0 Å². The van der Waals surface area contributed by atoms with E-state index in [9.17, 15) is 4.79 Å². The highest BCUT2D eigenvalue weighted by atomic mass is 16.7. The molecule has 0 aromatic heterocycles. The first kappa shape index (κ1) is 12.6. The molecule has 1 aromatic rings. The van der Waals surface area contributed by atoms with Gasteiger partial charge in [0.25, 0.3) is 0 Å². The quantitative estimate of drug-likeness (QED) is 0.730. The van der Waals surface area contributed by atoms with E-state index in [4.69, 9.17) is 14.2 Å². The van der Waals surface area contributed by atoms with Gasteiger partial charge in [-0.3, -0.25) is 4.79 Å². The Balaban J connectivity index is 2.19. The van der Waals surface area contributed by atoms with Gasteiger partial charge in [0.15, 0.2) is 6.29 Å². The van der Waals surface area contributed by atoms with Crippen molar-refractivity contribution in [2.45, 2.75) is 38.6 Å². The average molecular weight is 262 g/mol. The van der Waals surface area contributed by atoms with Crippen molar-refractivity contribution in [2.75, 3.05) is 13.2 Å². The maximum Gasteiger partial charge on any atom is 0.188 e. The van der Waals surface area contributed by atoms with Crippen molar-refractivity contribution in [3.8, 4) is 5.75 Å². The van der Waals surface area contributed by atoms with Crippen LogP contribution in [0.15, 0.2) is 12.1 Å². The first-order chi connectivity index (χ1) is 8.99.